The largest absolute Gasteiger partial charge is 0.303 e. The van der Waals surface area contributed by atoms with E-state index >= 15 is 0 Å². The summed E-state index contributed by atoms with van der Waals surface area (Å²) in [4.78, 5) is 12.4. The highest BCUT2D eigenvalue weighted by Crippen LogP contribution is 2.41. The van der Waals surface area contributed by atoms with Crippen molar-refractivity contribution in [2.75, 3.05) is 5.32 Å². The van der Waals surface area contributed by atoms with Crippen LogP contribution in [-0.4, -0.2) is 30.5 Å². The average molecular weight is 274 g/mol. The quantitative estimate of drug-likeness (QED) is 0.897. The van der Waals surface area contributed by atoms with Crippen LogP contribution in [0.25, 0.3) is 0 Å². The van der Waals surface area contributed by atoms with E-state index in [4.69, 9.17) is 0 Å². The number of rotatable bonds is 5. The molecule has 1 fully saturated rings. The summed E-state index contributed by atoms with van der Waals surface area (Å²) in [7, 11) is 1.79. The second-order valence-electron chi connectivity index (χ2n) is 5.16. The summed E-state index contributed by atoms with van der Waals surface area (Å²) >= 11 is 0. The van der Waals surface area contributed by atoms with E-state index in [1.54, 1.807) is 24.1 Å². The van der Waals surface area contributed by atoms with Gasteiger partial charge in [0, 0.05) is 19.5 Å². The Morgan fingerprint density at radius 2 is 2.30 bits per heavy atom. The highest BCUT2D eigenvalue weighted by Gasteiger charge is 2.32. The van der Waals surface area contributed by atoms with E-state index in [2.05, 4.69) is 27.5 Å². The predicted octanol–water partition coefficient (Wildman–Crippen LogP) is 1.55. The SMILES string of the molecule is CCCn1ncc(C(=O)Nc2nncn2C)c1C1CC1. The Bertz CT molecular complexity index is 625. The molecule has 0 radical (unpaired) electrons. The van der Waals surface area contributed by atoms with Gasteiger partial charge in [-0.05, 0) is 19.3 Å². The summed E-state index contributed by atoms with van der Waals surface area (Å²) in [5, 5.41) is 14.8. The van der Waals surface area contributed by atoms with Gasteiger partial charge in [-0.3, -0.25) is 14.8 Å². The van der Waals surface area contributed by atoms with Crippen LogP contribution in [0, 0.1) is 0 Å². The molecule has 0 bridgehead atoms. The Labute approximate surface area is 117 Å². The van der Waals surface area contributed by atoms with E-state index in [9.17, 15) is 4.79 Å². The second-order valence-corrected chi connectivity index (χ2v) is 5.16. The number of hydrogen-bond donors (Lipinski definition) is 1. The summed E-state index contributed by atoms with van der Waals surface area (Å²) in [6.45, 7) is 2.96. The highest BCUT2D eigenvalue weighted by atomic mass is 16.1. The van der Waals surface area contributed by atoms with Gasteiger partial charge in [0.2, 0.25) is 5.95 Å². The fraction of sp³-hybridized carbons (Fsp3) is 0.538. The number of nitrogens with one attached hydrogen (secondary N) is 1. The second kappa shape index (κ2) is 5.07. The minimum absolute atomic E-state index is 0.162. The molecule has 2 heterocycles. The Morgan fingerprint density at radius 3 is 2.90 bits per heavy atom. The summed E-state index contributed by atoms with van der Waals surface area (Å²) in [6, 6.07) is 0. The zero-order chi connectivity index (χ0) is 14.1. The number of aryl methyl sites for hydroxylation is 2. The maximum absolute atomic E-state index is 12.4. The summed E-state index contributed by atoms with van der Waals surface area (Å²) in [5.41, 5.74) is 1.72. The fourth-order valence-electron chi connectivity index (χ4n) is 2.31. The van der Waals surface area contributed by atoms with Gasteiger partial charge in [-0.2, -0.15) is 5.10 Å². The Hall–Kier alpha value is -2.18. The van der Waals surface area contributed by atoms with Crippen LogP contribution in [0.15, 0.2) is 12.5 Å². The molecule has 0 aromatic carbocycles. The number of carbonyl (C=O) groups excluding carboxylic acids is 1. The number of carbonyl (C=O) groups is 1. The molecular weight excluding hydrogens is 256 g/mol. The van der Waals surface area contributed by atoms with Crippen LogP contribution in [-0.2, 0) is 13.6 Å². The molecule has 1 aliphatic rings. The molecule has 0 atom stereocenters. The normalized spacial score (nSPS) is 14.5. The molecule has 1 aliphatic carbocycles. The van der Waals surface area contributed by atoms with Crippen LogP contribution in [0.3, 0.4) is 0 Å². The zero-order valence-corrected chi connectivity index (χ0v) is 11.7. The van der Waals surface area contributed by atoms with E-state index in [0.29, 0.717) is 17.4 Å². The number of aromatic nitrogens is 5. The average Bonchev–Trinajstić information content (AvgIpc) is 3.06. The van der Waals surface area contributed by atoms with E-state index < -0.39 is 0 Å². The lowest BCUT2D eigenvalue weighted by Crippen LogP contribution is -2.17. The van der Waals surface area contributed by atoms with Gasteiger partial charge in [0.05, 0.1) is 17.5 Å². The van der Waals surface area contributed by atoms with E-state index in [-0.39, 0.29) is 5.91 Å². The molecule has 0 aliphatic heterocycles. The molecule has 7 nitrogen and oxygen atoms in total. The summed E-state index contributed by atoms with van der Waals surface area (Å²) in [5.74, 6) is 0.759. The van der Waals surface area contributed by atoms with Crippen molar-refractivity contribution in [3.8, 4) is 0 Å². The predicted molar refractivity (Wildman–Crippen MR) is 73.4 cm³/mol. The molecular formula is C13H18N6O. The van der Waals surface area contributed by atoms with Crippen molar-refractivity contribution in [1.29, 1.82) is 0 Å². The molecule has 0 unspecified atom stereocenters. The molecule has 106 valence electrons. The third-order valence-corrected chi connectivity index (χ3v) is 3.46. The van der Waals surface area contributed by atoms with Crippen LogP contribution in [0.4, 0.5) is 5.95 Å². The molecule has 1 amide bonds. The highest BCUT2D eigenvalue weighted by molar-refractivity contribution is 6.04. The van der Waals surface area contributed by atoms with Crippen molar-refractivity contribution in [3.63, 3.8) is 0 Å². The summed E-state index contributed by atoms with van der Waals surface area (Å²) in [6.07, 6.45) is 6.50. The van der Waals surface area contributed by atoms with Gasteiger partial charge < -0.3 is 4.57 Å². The zero-order valence-electron chi connectivity index (χ0n) is 11.7. The van der Waals surface area contributed by atoms with Gasteiger partial charge in [0.25, 0.3) is 5.91 Å². The molecule has 2 aromatic rings. The van der Waals surface area contributed by atoms with Crippen molar-refractivity contribution in [2.24, 2.45) is 7.05 Å². The smallest absolute Gasteiger partial charge is 0.261 e. The van der Waals surface area contributed by atoms with Gasteiger partial charge in [0.1, 0.15) is 6.33 Å². The van der Waals surface area contributed by atoms with Crippen molar-refractivity contribution in [3.05, 3.63) is 23.8 Å². The standard InChI is InChI=1S/C13H18N6O/c1-3-6-19-11(9-4-5-9)10(7-15-19)12(20)16-13-17-14-8-18(13)2/h7-9H,3-6H2,1-2H3,(H,16,17,20). The topological polar surface area (TPSA) is 77.6 Å². The Kier molecular flexibility index (Phi) is 3.25. The number of amides is 1. The van der Waals surface area contributed by atoms with Crippen LogP contribution in [0.1, 0.15) is 48.2 Å². The molecule has 1 N–H and O–H groups in total. The number of anilines is 1. The number of nitrogens with zero attached hydrogens (tertiary/aromatic N) is 5. The van der Waals surface area contributed by atoms with E-state index in [1.807, 2.05) is 4.68 Å². The van der Waals surface area contributed by atoms with E-state index in [0.717, 1.165) is 31.5 Å². The van der Waals surface area contributed by atoms with Crippen molar-refractivity contribution < 1.29 is 4.79 Å². The maximum atomic E-state index is 12.4. The Balaban J connectivity index is 1.86. The lowest BCUT2D eigenvalue weighted by molar-refractivity contribution is 0.102. The van der Waals surface area contributed by atoms with Gasteiger partial charge in [-0.25, -0.2) is 0 Å². The van der Waals surface area contributed by atoms with Gasteiger partial charge in [-0.1, -0.05) is 6.92 Å². The van der Waals surface area contributed by atoms with Gasteiger partial charge in [-0.15, -0.1) is 10.2 Å². The first-order chi connectivity index (χ1) is 9.70. The number of hydrogen-bond acceptors (Lipinski definition) is 4. The maximum Gasteiger partial charge on any atom is 0.261 e. The summed E-state index contributed by atoms with van der Waals surface area (Å²) < 4.78 is 3.63. The minimum Gasteiger partial charge on any atom is -0.303 e. The van der Waals surface area contributed by atoms with Gasteiger partial charge in [0.15, 0.2) is 0 Å². The molecule has 2 aromatic heterocycles. The Morgan fingerprint density at radius 1 is 1.50 bits per heavy atom. The third kappa shape index (κ3) is 2.31. The molecule has 7 heteroatoms. The molecule has 0 spiro atoms. The lowest BCUT2D eigenvalue weighted by Gasteiger charge is -2.08. The lowest BCUT2D eigenvalue weighted by atomic mass is 10.1. The first-order valence-electron chi connectivity index (χ1n) is 6.91. The molecule has 3 rings (SSSR count). The fourth-order valence-corrected chi connectivity index (χ4v) is 2.31. The van der Waals surface area contributed by atoms with Crippen LogP contribution in [0.2, 0.25) is 0 Å². The molecule has 0 saturated heterocycles. The van der Waals surface area contributed by atoms with Crippen LogP contribution < -0.4 is 5.32 Å². The molecule has 20 heavy (non-hydrogen) atoms. The first-order valence-corrected chi connectivity index (χ1v) is 6.91. The minimum atomic E-state index is -0.162. The van der Waals surface area contributed by atoms with Crippen LogP contribution >= 0.6 is 0 Å². The van der Waals surface area contributed by atoms with Crippen molar-refractivity contribution >= 4 is 11.9 Å². The van der Waals surface area contributed by atoms with E-state index in [1.165, 1.54) is 0 Å². The van der Waals surface area contributed by atoms with Gasteiger partial charge >= 0.3 is 0 Å². The third-order valence-electron chi connectivity index (χ3n) is 3.46. The van der Waals surface area contributed by atoms with Crippen molar-refractivity contribution in [1.82, 2.24) is 24.5 Å². The van der Waals surface area contributed by atoms with Crippen LogP contribution in [0.5, 0.6) is 0 Å². The first kappa shape index (κ1) is 12.8. The monoisotopic (exact) mass is 274 g/mol. The van der Waals surface area contributed by atoms with Crippen molar-refractivity contribution in [2.45, 2.75) is 38.6 Å². The molecule has 1 saturated carbocycles.